The van der Waals surface area contributed by atoms with Gasteiger partial charge in [0, 0.05) is 19.3 Å². The summed E-state index contributed by atoms with van der Waals surface area (Å²) in [5, 5.41) is 0. The van der Waals surface area contributed by atoms with E-state index in [1.165, 1.54) is 37.1 Å². The second kappa shape index (κ2) is 8.08. The Bertz CT molecular complexity index is 810. The monoisotopic (exact) mass is 376 g/mol. The first-order valence-corrected chi connectivity index (χ1v) is 10.7. The van der Waals surface area contributed by atoms with Crippen LogP contribution in [0.5, 0.6) is 0 Å². The van der Waals surface area contributed by atoms with Crippen LogP contribution in [-0.2, 0) is 16.6 Å². The number of fused-ring (bicyclic) bond motifs is 1. The van der Waals surface area contributed by atoms with Gasteiger partial charge in [-0.1, -0.05) is 48.5 Å². The molecule has 0 bridgehead atoms. The third-order valence-electron chi connectivity index (χ3n) is 6.96. The lowest BCUT2D eigenvalue weighted by Gasteiger charge is -2.33. The van der Waals surface area contributed by atoms with Gasteiger partial charge >= 0.3 is 0 Å². The molecule has 0 aliphatic carbocycles. The second-order valence-electron chi connectivity index (χ2n) is 8.77. The highest BCUT2D eigenvalue weighted by Crippen LogP contribution is 2.44. The van der Waals surface area contributed by atoms with Crippen LogP contribution in [0.4, 0.5) is 5.69 Å². The van der Waals surface area contributed by atoms with Crippen LogP contribution in [0, 0.1) is 5.92 Å². The van der Waals surface area contributed by atoms with E-state index in [9.17, 15) is 4.79 Å². The summed E-state index contributed by atoms with van der Waals surface area (Å²) in [6, 6.07) is 19.1. The molecule has 0 unspecified atom stereocenters. The number of piperidine rings is 1. The van der Waals surface area contributed by atoms with Gasteiger partial charge in [0.1, 0.15) is 0 Å². The van der Waals surface area contributed by atoms with Crippen LogP contribution in [0.25, 0.3) is 0 Å². The Hall–Kier alpha value is -2.13. The quantitative estimate of drug-likeness (QED) is 0.732. The average molecular weight is 377 g/mol. The molecule has 4 rings (SSSR count). The van der Waals surface area contributed by atoms with Gasteiger partial charge in [-0.25, -0.2) is 0 Å². The third kappa shape index (κ3) is 3.73. The minimum Gasteiger partial charge on any atom is -0.314 e. The fourth-order valence-electron chi connectivity index (χ4n) is 4.99. The molecule has 2 aromatic carbocycles. The van der Waals surface area contributed by atoms with E-state index in [-0.39, 0.29) is 11.3 Å². The molecular formula is C25H32N2O. The Labute approximate surface area is 169 Å². The van der Waals surface area contributed by atoms with Crippen LogP contribution in [0.15, 0.2) is 54.6 Å². The molecule has 1 amide bonds. The number of nitrogens with zero attached hydrogens (tertiary/aromatic N) is 2. The Balaban J connectivity index is 1.28. The molecule has 3 nitrogen and oxygen atoms in total. The minimum absolute atomic E-state index is 0.258. The van der Waals surface area contributed by atoms with Crippen molar-refractivity contribution in [2.75, 3.05) is 31.6 Å². The number of para-hydroxylation sites is 1. The van der Waals surface area contributed by atoms with Crippen molar-refractivity contribution >= 4 is 11.6 Å². The van der Waals surface area contributed by atoms with E-state index in [0.717, 1.165) is 37.4 Å². The third-order valence-corrected chi connectivity index (χ3v) is 6.96. The number of carbonyl (C=O) groups excluding carboxylic acids is 1. The van der Waals surface area contributed by atoms with Gasteiger partial charge in [-0.2, -0.15) is 0 Å². The summed E-state index contributed by atoms with van der Waals surface area (Å²) in [6.07, 6.45) is 5.77. The van der Waals surface area contributed by atoms with Crippen LogP contribution in [-0.4, -0.2) is 37.5 Å². The highest BCUT2D eigenvalue weighted by atomic mass is 16.2. The summed E-state index contributed by atoms with van der Waals surface area (Å²) in [5.74, 6) is 1.00. The number of amides is 1. The first kappa shape index (κ1) is 19.2. The zero-order valence-electron chi connectivity index (χ0n) is 17.2. The molecule has 2 aliphatic rings. The fraction of sp³-hybridized carbons (Fsp3) is 0.480. The van der Waals surface area contributed by atoms with Crippen molar-refractivity contribution in [3.05, 3.63) is 65.7 Å². The van der Waals surface area contributed by atoms with E-state index >= 15 is 0 Å². The fourth-order valence-corrected chi connectivity index (χ4v) is 4.99. The molecular weight excluding hydrogens is 344 g/mol. The standard InChI is InChI=1S/C25H32N2O/c1-25(22-10-6-7-11-23(22)26(2)24(25)28)16-12-21-14-18-27(19-15-21)17-13-20-8-4-3-5-9-20/h3-11,21H,12-19H2,1-2H3/t25-/m0/s1. The van der Waals surface area contributed by atoms with Gasteiger partial charge in [-0.3, -0.25) is 4.79 Å². The second-order valence-corrected chi connectivity index (χ2v) is 8.77. The SMILES string of the molecule is CN1C(=O)[C@@](C)(CCC2CCN(CCc3ccccc3)CC2)c2ccccc21. The number of hydrogen-bond donors (Lipinski definition) is 0. The van der Waals surface area contributed by atoms with E-state index in [1.54, 1.807) is 0 Å². The highest BCUT2D eigenvalue weighted by Gasteiger charge is 2.45. The van der Waals surface area contributed by atoms with Crippen LogP contribution in [0.3, 0.4) is 0 Å². The number of likely N-dealkylation sites (tertiary alicyclic amines) is 1. The van der Waals surface area contributed by atoms with Crippen molar-refractivity contribution < 1.29 is 4.79 Å². The molecule has 2 aliphatic heterocycles. The lowest BCUT2D eigenvalue weighted by atomic mass is 9.76. The van der Waals surface area contributed by atoms with Crippen molar-refractivity contribution in [1.29, 1.82) is 0 Å². The van der Waals surface area contributed by atoms with Gasteiger partial charge in [0.2, 0.25) is 5.91 Å². The lowest BCUT2D eigenvalue weighted by molar-refractivity contribution is -0.122. The van der Waals surface area contributed by atoms with Crippen LogP contribution in [0.2, 0.25) is 0 Å². The van der Waals surface area contributed by atoms with Crippen LogP contribution >= 0.6 is 0 Å². The van der Waals surface area contributed by atoms with Gasteiger partial charge in [0.25, 0.3) is 0 Å². The normalized spacial score (nSPS) is 23.2. The van der Waals surface area contributed by atoms with E-state index in [4.69, 9.17) is 0 Å². The molecule has 0 radical (unpaired) electrons. The van der Waals surface area contributed by atoms with Gasteiger partial charge in [0.15, 0.2) is 0 Å². The van der Waals surface area contributed by atoms with Crippen molar-refractivity contribution in [3.63, 3.8) is 0 Å². The molecule has 148 valence electrons. The number of rotatable bonds is 6. The van der Waals surface area contributed by atoms with Gasteiger partial charge in [0.05, 0.1) is 5.41 Å². The molecule has 1 saturated heterocycles. The number of hydrogen-bond acceptors (Lipinski definition) is 2. The molecule has 0 aromatic heterocycles. The van der Waals surface area contributed by atoms with E-state index in [2.05, 4.69) is 60.4 Å². The number of benzene rings is 2. The Morgan fingerprint density at radius 1 is 1.00 bits per heavy atom. The first-order valence-electron chi connectivity index (χ1n) is 10.7. The minimum atomic E-state index is -0.351. The molecule has 1 atom stereocenters. The number of anilines is 1. The number of carbonyl (C=O) groups is 1. The summed E-state index contributed by atoms with van der Waals surface area (Å²) >= 11 is 0. The maximum atomic E-state index is 12.9. The summed E-state index contributed by atoms with van der Waals surface area (Å²) in [4.78, 5) is 17.4. The van der Waals surface area contributed by atoms with Crippen molar-refractivity contribution in [1.82, 2.24) is 4.90 Å². The van der Waals surface area contributed by atoms with Gasteiger partial charge < -0.3 is 9.80 Å². The Morgan fingerprint density at radius 2 is 1.68 bits per heavy atom. The maximum absolute atomic E-state index is 12.9. The van der Waals surface area contributed by atoms with Crippen LogP contribution < -0.4 is 4.90 Å². The summed E-state index contributed by atoms with van der Waals surface area (Å²) in [6.45, 7) is 5.69. The van der Waals surface area contributed by atoms with E-state index in [1.807, 2.05) is 18.0 Å². The highest BCUT2D eigenvalue weighted by molar-refractivity contribution is 6.07. The molecule has 28 heavy (non-hydrogen) atoms. The molecule has 2 aromatic rings. The lowest BCUT2D eigenvalue weighted by Crippen LogP contribution is -2.38. The summed E-state index contributed by atoms with van der Waals surface area (Å²) in [5.41, 5.74) is 3.38. The predicted octanol–water partition coefficient (Wildman–Crippen LogP) is 4.66. The first-order chi connectivity index (χ1) is 13.6. The predicted molar refractivity (Wildman–Crippen MR) is 116 cm³/mol. The van der Waals surface area contributed by atoms with E-state index < -0.39 is 0 Å². The molecule has 0 saturated carbocycles. The smallest absolute Gasteiger partial charge is 0.237 e. The van der Waals surface area contributed by atoms with Crippen LogP contribution in [0.1, 0.15) is 43.7 Å². The van der Waals surface area contributed by atoms with Gasteiger partial charge in [-0.05, 0) is 75.2 Å². The zero-order chi connectivity index (χ0) is 19.6. The Kier molecular flexibility index (Phi) is 5.54. The molecule has 2 heterocycles. The number of likely N-dealkylation sites (N-methyl/N-ethyl adjacent to an activating group) is 1. The molecule has 0 N–H and O–H groups in total. The summed E-state index contributed by atoms with van der Waals surface area (Å²) < 4.78 is 0. The molecule has 3 heteroatoms. The Morgan fingerprint density at radius 3 is 2.43 bits per heavy atom. The van der Waals surface area contributed by atoms with Crippen molar-refractivity contribution in [3.8, 4) is 0 Å². The van der Waals surface area contributed by atoms with Crippen molar-refractivity contribution in [2.24, 2.45) is 5.92 Å². The van der Waals surface area contributed by atoms with Gasteiger partial charge in [-0.15, -0.1) is 0 Å². The zero-order valence-corrected chi connectivity index (χ0v) is 17.2. The average Bonchev–Trinajstić information content (AvgIpc) is 2.94. The largest absolute Gasteiger partial charge is 0.314 e. The van der Waals surface area contributed by atoms with Crippen molar-refractivity contribution in [2.45, 2.75) is 44.4 Å². The molecule has 1 fully saturated rings. The van der Waals surface area contributed by atoms with E-state index in [0.29, 0.717) is 0 Å². The molecule has 0 spiro atoms. The topological polar surface area (TPSA) is 23.6 Å². The maximum Gasteiger partial charge on any atom is 0.237 e. The summed E-state index contributed by atoms with van der Waals surface area (Å²) in [7, 11) is 1.91.